The molecule has 1 aromatic carbocycles. The van der Waals surface area contributed by atoms with E-state index < -0.39 is 14.6 Å². The maximum absolute atomic E-state index is 12.6. The second-order valence-corrected chi connectivity index (χ2v) is 9.17. The van der Waals surface area contributed by atoms with E-state index in [9.17, 15) is 19.0 Å². The molecular weight excluding hydrogens is 475 g/mol. The van der Waals surface area contributed by atoms with Gasteiger partial charge in [0.15, 0.2) is 0 Å². The van der Waals surface area contributed by atoms with Crippen molar-refractivity contribution in [1.29, 1.82) is 0 Å². The van der Waals surface area contributed by atoms with Crippen LogP contribution in [0.1, 0.15) is 28.9 Å². The molecule has 1 aliphatic heterocycles. The number of carbonyl (C=O) groups is 2. The summed E-state index contributed by atoms with van der Waals surface area (Å²) in [5.41, 5.74) is 3.12. The second kappa shape index (κ2) is 10.5. The Hall–Kier alpha value is -3.34. The summed E-state index contributed by atoms with van der Waals surface area (Å²) in [4.78, 5) is 51.3. The molecule has 0 bridgehead atoms. The van der Waals surface area contributed by atoms with Crippen LogP contribution in [0.2, 0.25) is 0 Å². The van der Waals surface area contributed by atoms with Crippen LogP contribution in [-0.2, 0) is 31.6 Å². The van der Waals surface area contributed by atoms with Gasteiger partial charge in [0.25, 0.3) is 7.82 Å². The van der Waals surface area contributed by atoms with Gasteiger partial charge >= 0.3 is 0 Å². The highest BCUT2D eigenvalue weighted by Crippen LogP contribution is 2.33. The van der Waals surface area contributed by atoms with Crippen LogP contribution in [-0.4, -0.2) is 40.4 Å². The molecule has 0 aliphatic carbocycles. The van der Waals surface area contributed by atoms with Gasteiger partial charge in [-0.1, -0.05) is 18.2 Å². The molecule has 0 spiro atoms. The predicted molar refractivity (Wildman–Crippen MR) is 128 cm³/mol. The Kier molecular flexibility index (Phi) is 7.89. The highest BCUT2D eigenvalue weighted by molar-refractivity contribution is 7.44. The maximum atomic E-state index is 12.6. The van der Waals surface area contributed by atoms with E-state index in [2.05, 4.69) is 9.51 Å². The van der Waals surface area contributed by atoms with Gasteiger partial charge in [-0.05, 0) is 42.7 Å². The minimum absolute atomic E-state index is 0. The number of amides is 2. The average Bonchev–Trinajstić information content (AvgIpc) is 3.11. The van der Waals surface area contributed by atoms with Crippen LogP contribution in [0.5, 0.6) is 0 Å². The van der Waals surface area contributed by atoms with Crippen LogP contribution in [0, 0.1) is 6.92 Å². The Morgan fingerprint density at radius 2 is 2.11 bits per heavy atom. The molecule has 0 saturated heterocycles. The Morgan fingerprint density at radius 3 is 2.83 bits per heavy atom. The standard InChI is InChI=1S/C23H24N3O7P.H3N/c1-15-18-5-3-4-6-19(18)33-20(15)13-25(2)21(27)9-7-16-11-17-8-10-22(28)26(23(17)24-12-16)14-32-34(29,30)31;/h3-7,9,11-12H,8,10,13-14H2,1-2H3,(H2,29,30,31);1H3/b9-7+;. The number of phosphoric acid groups is 1. The average molecular weight is 502 g/mol. The van der Waals surface area contributed by atoms with E-state index in [1.165, 1.54) is 12.3 Å². The number of aryl methyl sites for hydroxylation is 2. The molecule has 3 heterocycles. The molecule has 35 heavy (non-hydrogen) atoms. The van der Waals surface area contributed by atoms with Crippen molar-refractivity contribution in [1.82, 2.24) is 16.0 Å². The summed E-state index contributed by atoms with van der Waals surface area (Å²) in [6, 6.07) is 9.48. The first-order valence-electron chi connectivity index (χ1n) is 10.5. The van der Waals surface area contributed by atoms with Crippen LogP contribution in [0.4, 0.5) is 5.82 Å². The molecule has 1 atom stereocenters. The van der Waals surface area contributed by atoms with E-state index in [1.54, 1.807) is 24.1 Å². The van der Waals surface area contributed by atoms with E-state index in [-0.39, 0.29) is 30.2 Å². The minimum Gasteiger partial charge on any atom is -0.756 e. The van der Waals surface area contributed by atoms with Gasteiger partial charge in [0.2, 0.25) is 11.8 Å². The van der Waals surface area contributed by atoms with Crippen molar-refractivity contribution in [2.75, 3.05) is 18.7 Å². The number of likely N-dealkylation sites (N-methyl/N-ethyl adjacent to an activating group) is 1. The predicted octanol–water partition coefficient (Wildman–Crippen LogP) is 2.90. The van der Waals surface area contributed by atoms with E-state index >= 15 is 0 Å². The molecule has 1 aliphatic rings. The lowest BCUT2D eigenvalue weighted by molar-refractivity contribution is -0.219. The fourth-order valence-electron chi connectivity index (χ4n) is 3.76. The summed E-state index contributed by atoms with van der Waals surface area (Å²) in [5.74, 6) is 0.385. The third kappa shape index (κ3) is 6.02. The Bertz CT molecular complexity index is 1330. The third-order valence-corrected chi connectivity index (χ3v) is 6.04. The van der Waals surface area contributed by atoms with Gasteiger partial charge < -0.3 is 25.3 Å². The lowest BCUT2D eigenvalue weighted by atomic mass is 10.0. The Morgan fingerprint density at radius 1 is 1.37 bits per heavy atom. The first-order valence-corrected chi connectivity index (χ1v) is 12.0. The zero-order chi connectivity index (χ0) is 24.5. The number of para-hydroxylation sites is 1. The number of anilines is 1. The molecule has 1 unspecified atom stereocenters. The number of fused-ring (bicyclic) bond motifs is 2. The van der Waals surface area contributed by atoms with Gasteiger partial charge in [-0.15, -0.1) is 0 Å². The lowest BCUT2D eigenvalue weighted by Gasteiger charge is -2.29. The molecule has 12 heteroatoms. The smallest absolute Gasteiger partial charge is 0.266 e. The summed E-state index contributed by atoms with van der Waals surface area (Å²) in [6.45, 7) is 1.62. The number of aromatic nitrogens is 1. The molecule has 0 fully saturated rings. The number of hydrogen-bond donors (Lipinski definition) is 2. The van der Waals surface area contributed by atoms with Crippen molar-refractivity contribution in [2.45, 2.75) is 26.3 Å². The van der Waals surface area contributed by atoms with Gasteiger partial charge in [-0.25, -0.2) is 4.98 Å². The van der Waals surface area contributed by atoms with Gasteiger partial charge in [-0.2, -0.15) is 0 Å². The van der Waals surface area contributed by atoms with Gasteiger partial charge in [0.1, 0.15) is 23.9 Å². The summed E-state index contributed by atoms with van der Waals surface area (Å²) in [6.07, 6.45) is 5.06. The second-order valence-electron chi connectivity index (χ2n) is 7.97. The number of nitrogens with zero attached hydrogens (tertiary/aromatic N) is 3. The summed E-state index contributed by atoms with van der Waals surface area (Å²) in [7, 11) is -3.30. The molecule has 2 amide bonds. The fourth-order valence-corrected chi connectivity index (χ4v) is 4.02. The van der Waals surface area contributed by atoms with Gasteiger partial charge in [0.05, 0.1) is 6.54 Å². The molecule has 11 nitrogen and oxygen atoms in total. The highest BCUT2D eigenvalue weighted by atomic mass is 31.2. The normalized spacial score (nSPS) is 15.1. The summed E-state index contributed by atoms with van der Waals surface area (Å²) < 4.78 is 21.1. The fraction of sp³-hybridized carbons (Fsp3) is 0.261. The quantitative estimate of drug-likeness (QED) is 0.366. The van der Waals surface area contributed by atoms with E-state index in [0.717, 1.165) is 27.2 Å². The van der Waals surface area contributed by atoms with Crippen molar-refractivity contribution < 1.29 is 32.9 Å². The molecule has 0 saturated carbocycles. The molecular formula is C23H27N4O7P. The number of carbonyl (C=O) groups excluding carboxylic acids is 2. The monoisotopic (exact) mass is 502 g/mol. The Balaban J connectivity index is 0.00000342. The summed E-state index contributed by atoms with van der Waals surface area (Å²) >= 11 is 0. The van der Waals surface area contributed by atoms with Crippen LogP contribution in [0.15, 0.2) is 47.0 Å². The SMILES string of the molecule is Cc1c(CN(C)C(=O)/C=C/c2cnc3c(c2)CCC(=O)N3COP(=O)([O-])O)oc2ccccc12.[NH4+]. The van der Waals surface area contributed by atoms with Crippen molar-refractivity contribution in [3.63, 3.8) is 0 Å². The first kappa shape index (κ1) is 26.3. The zero-order valence-electron chi connectivity index (χ0n) is 19.6. The number of benzene rings is 1. The molecule has 0 radical (unpaired) electrons. The topological polar surface area (TPSA) is 173 Å². The van der Waals surface area contributed by atoms with Crippen molar-refractivity contribution in [2.24, 2.45) is 0 Å². The van der Waals surface area contributed by atoms with Crippen LogP contribution >= 0.6 is 7.82 Å². The largest absolute Gasteiger partial charge is 0.756 e. The maximum Gasteiger partial charge on any atom is 0.266 e. The number of phosphoric ester groups is 1. The van der Waals surface area contributed by atoms with Gasteiger partial charge in [-0.3, -0.25) is 23.6 Å². The lowest BCUT2D eigenvalue weighted by Crippen LogP contribution is -2.37. The highest BCUT2D eigenvalue weighted by Gasteiger charge is 2.26. The zero-order valence-corrected chi connectivity index (χ0v) is 20.5. The first-order chi connectivity index (χ1) is 16.1. The minimum atomic E-state index is -4.98. The van der Waals surface area contributed by atoms with Crippen LogP contribution in [0.3, 0.4) is 0 Å². The number of hydrogen-bond acceptors (Lipinski definition) is 7. The summed E-state index contributed by atoms with van der Waals surface area (Å²) in [5, 5.41) is 1.02. The molecule has 186 valence electrons. The van der Waals surface area contributed by atoms with E-state index in [1.807, 2.05) is 31.2 Å². The van der Waals surface area contributed by atoms with Crippen molar-refractivity contribution in [3.8, 4) is 0 Å². The number of pyridine rings is 1. The number of quaternary nitrogens is 1. The molecule has 4 rings (SSSR count). The van der Waals surface area contributed by atoms with E-state index in [4.69, 9.17) is 9.31 Å². The third-order valence-electron chi connectivity index (χ3n) is 5.60. The van der Waals surface area contributed by atoms with Gasteiger partial charge in [0, 0.05) is 36.7 Å². The van der Waals surface area contributed by atoms with E-state index in [0.29, 0.717) is 24.1 Å². The number of rotatable bonds is 7. The van der Waals surface area contributed by atoms with Crippen molar-refractivity contribution >= 4 is 42.5 Å². The molecule has 2 aromatic heterocycles. The van der Waals surface area contributed by atoms with Crippen LogP contribution in [0.25, 0.3) is 17.0 Å². The molecule has 5 N–H and O–H groups in total. The molecule has 3 aromatic rings. The van der Waals surface area contributed by atoms with Crippen LogP contribution < -0.4 is 15.9 Å². The van der Waals surface area contributed by atoms with Crippen molar-refractivity contribution in [3.05, 3.63) is 65.1 Å². The Labute approximate surface area is 201 Å². The number of furan rings is 1.